The van der Waals surface area contributed by atoms with Crippen LogP contribution in [0.15, 0.2) is 24.3 Å². The Bertz CT molecular complexity index is 606. The standard InChI is InChI=1S/C16H24N2O3S/c1-2-12-22(20,21)17-15-9-7-8-14(13-15)16(19)18-10-5-3-4-6-11-18/h7-9,13,17H,2-6,10-12H2,1H3. The molecule has 1 aromatic carbocycles. The Morgan fingerprint density at radius 3 is 2.50 bits per heavy atom. The minimum Gasteiger partial charge on any atom is -0.339 e. The van der Waals surface area contributed by atoms with Gasteiger partial charge >= 0.3 is 0 Å². The highest BCUT2D eigenvalue weighted by atomic mass is 32.2. The highest BCUT2D eigenvalue weighted by Gasteiger charge is 2.18. The summed E-state index contributed by atoms with van der Waals surface area (Å²) in [5.74, 6) is 0.0653. The van der Waals surface area contributed by atoms with E-state index in [-0.39, 0.29) is 11.7 Å². The second-order valence-electron chi connectivity index (χ2n) is 5.71. The fourth-order valence-electron chi connectivity index (χ4n) is 2.67. The van der Waals surface area contributed by atoms with Crippen LogP contribution in [0, 0.1) is 0 Å². The number of sulfonamides is 1. The predicted octanol–water partition coefficient (Wildman–Crippen LogP) is 2.85. The Morgan fingerprint density at radius 2 is 1.86 bits per heavy atom. The Balaban J connectivity index is 2.12. The van der Waals surface area contributed by atoms with E-state index in [1.807, 2.05) is 11.8 Å². The lowest BCUT2D eigenvalue weighted by Gasteiger charge is -2.20. The number of hydrogen-bond acceptors (Lipinski definition) is 3. The number of anilines is 1. The molecule has 5 nitrogen and oxygen atoms in total. The number of likely N-dealkylation sites (tertiary alicyclic amines) is 1. The summed E-state index contributed by atoms with van der Waals surface area (Å²) < 4.78 is 26.2. The molecule has 0 aromatic heterocycles. The zero-order chi connectivity index (χ0) is 16.0. The molecule has 0 bridgehead atoms. The van der Waals surface area contributed by atoms with Gasteiger partial charge in [-0.05, 0) is 37.5 Å². The average molecular weight is 324 g/mol. The molecule has 122 valence electrons. The molecule has 22 heavy (non-hydrogen) atoms. The van der Waals surface area contributed by atoms with Crippen molar-refractivity contribution in [3.63, 3.8) is 0 Å². The van der Waals surface area contributed by atoms with E-state index in [1.165, 1.54) is 12.8 Å². The number of nitrogens with one attached hydrogen (secondary N) is 1. The van der Waals surface area contributed by atoms with Gasteiger partial charge in [-0.3, -0.25) is 9.52 Å². The molecule has 6 heteroatoms. The predicted molar refractivity (Wildman–Crippen MR) is 88.5 cm³/mol. The zero-order valence-corrected chi connectivity index (χ0v) is 13.9. The lowest BCUT2D eigenvalue weighted by atomic mass is 10.1. The lowest BCUT2D eigenvalue weighted by molar-refractivity contribution is 0.0761. The number of hydrogen-bond donors (Lipinski definition) is 1. The maximum atomic E-state index is 12.5. The summed E-state index contributed by atoms with van der Waals surface area (Å²) in [4.78, 5) is 14.4. The highest BCUT2D eigenvalue weighted by Crippen LogP contribution is 2.17. The summed E-state index contributed by atoms with van der Waals surface area (Å²) in [5, 5.41) is 0. The van der Waals surface area contributed by atoms with Crippen LogP contribution in [0.5, 0.6) is 0 Å². The van der Waals surface area contributed by atoms with Crippen molar-refractivity contribution in [3.8, 4) is 0 Å². The molecule has 1 saturated heterocycles. The molecule has 1 fully saturated rings. The number of carbonyl (C=O) groups excluding carboxylic acids is 1. The second kappa shape index (κ2) is 7.63. The van der Waals surface area contributed by atoms with Crippen molar-refractivity contribution < 1.29 is 13.2 Å². The minimum atomic E-state index is -3.33. The van der Waals surface area contributed by atoms with Crippen LogP contribution in [-0.4, -0.2) is 38.1 Å². The third-order valence-electron chi connectivity index (χ3n) is 3.75. The molecule has 1 aliphatic heterocycles. The van der Waals surface area contributed by atoms with Crippen molar-refractivity contribution in [2.75, 3.05) is 23.6 Å². The Kier molecular flexibility index (Phi) is 5.83. The van der Waals surface area contributed by atoms with Gasteiger partial charge in [0.25, 0.3) is 5.91 Å². The van der Waals surface area contributed by atoms with Crippen LogP contribution in [0.3, 0.4) is 0 Å². The number of benzene rings is 1. The van der Waals surface area contributed by atoms with E-state index in [9.17, 15) is 13.2 Å². The molecule has 2 rings (SSSR count). The topological polar surface area (TPSA) is 66.5 Å². The average Bonchev–Trinajstić information content (AvgIpc) is 2.75. The van der Waals surface area contributed by atoms with E-state index in [2.05, 4.69) is 4.72 Å². The largest absolute Gasteiger partial charge is 0.339 e. The molecule has 1 amide bonds. The van der Waals surface area contributed by atoms with Crippen molar-refractivity contribution in [2.45, 2.75) is 39.0 Å². The van der Waals surface area contributed by atoms with Gasteiger partial charge in [0.15, 0.2) is 0 Å². The van der Waals surface area contributed by atoms with E-state index in [0.29, 0.717) is 17.7 Å². The van der Waals surface area contributed by atoms with Gasteiger partial charge in [0.2, 0.25) is 10.0 Å². The van der Waals surface area contributed by atoms with Crippen LogP contribution in [0.4, 0.5) is 5.69 Å². The summed E-state index contributed by atoms with van der Waals surface area (Å²) in [5.41, 5.74) is 0.993. The summed E-state index contributed by atoms with van der Waals surface area (Å²) in [7, 11) is -3.33. The van der Waals surface area contributed by atoms with Crippen molar-refractivity contribution in [2.24, 2.45) is 0 Å². The zero-order valence-electron chi connectivity index (χ0n) is 13.0. The Hall–Kier alpha value is -1.56. The van der Waals surface area contributed by atoms with Gasteiger partial charge in [-0.1, -0.05) is 25.8 Å². The molecule has 1 aromatic rings. The first kappa shape index (κ1) is 16.8. The molecular formula is C16H24N2O3S. The van der Waals surface area contributed by atoms with Gasteiger partial charge in [-0.15, -0.1) is 0 Å². The van der Waals surface area contributed by atoms with E-state index in [0.717, 1.165) is 25.9 Å². The fraction of sp³-hybridized carbons (Fsp3) is 0.562. The van der Waals surface area contributed by atoms with Crippen molar-refractivity contribution in [3.05, 3.63) is 29.8 Å². The van der Waals surface area contributed by atoms with Gasteiger partial charge < -0.3 is 4.90 Å². The molecule has 0 unspecified atom stereocenters. The molecule has 0 spiro atoms. The smallest absolute Gasteiger partial charge is 0.253 e. The molecule has 1 aliphatic rings. The second-order valence-corrected chi connectivity index (χ2v) is 7.55. The first-order chi connectivity index (χ1) is 10.5. The lowest BCUT2D eigenvalue weighted by Crippen LogP contribution is -2.31. The third kappa shape index (κ3) is 4.73. The quantitative estimate of drug-likeness (QED) is 0.905. The van der Waals surface area contributed by atoms with Gasteiger partial charge in [0.1, 0.15) is 0 Å². The highest BCUT2D eigenvalue weighted by molar-refractivity contribution is 7.92. The van der Waals surface area contributed by atoms with Gasteiger partial charge in [-0.25, -0.2) is 8.42 Å². The molecule has 1 N–H and O–H groups in total. The van der Waals surface area contributed by atoms with E-state index in [4.69, 9.17) is 0 Å². The van der Waals surface area contributed by atoms with Crippen molar-refractivity contribution in [1.29, 1.82) is 0 Å². The van der Waals surface area contributed by atoms with Crippen LogP contribution >= 0.6 is 0 Å². The molecular weight excluding hydrogens is 300 g/mol. The van der Waals surface area contributed by atoms with Crippen LogP contribution in [-0.2, 0) is 10.0 Å². The number of carbonyl (C=O) groups is 1. The van der Waals surface area contributed by atoms with Crippen molar-refractivity contribution in [1.82, 2.24) is 4.90 Å². The van der Waals surface area contributed by atoms with Gasteiger partial charge in [0.05, 0.1) is 5.75 Å². The normalized spacial score (nSPS) is 16.1. The summed E-state index contributed by atoms with van der Waals surface area (Å²) in [6, 6.07) is 6.76. The molecule has 0 atom stereocenters. The van der Waals surface area contributed by atoms with Crippen LogP contribution < -0.4 is 4.72 Å². The minimum absolute atomic E-state index is 0.0153. The van der Waals surface area contributed by atoms with Crippen molar-refractivity contribution >= 4 is 21.6 Å². The van der Waals surface area contributed by atoms with Crippen LogP contribution in [0.25, 0.3) is 0 Å². The molecule has 1 heterocycles. The Labute approximate surface area is 132 Å². The van der Waals surface area contributed by atoms with Gasteiger partial charge in [0, 0.05) is 24.3 Å². The summed E-state index contributed by atoms with van der Waals surface area (Å²) in [6.45, 7) is 3.38. The van der Waals surface area contributed by atoms with E-state index < -0.39 is 10.0 Å². The van der Waals surface area contributed by atoms with E-state index >= 15 is 0 Å². The maximum absolute atomic E-state index is 12.5. The monoisotopic (exact) mass is 324 g/mol. The third-order valence-corrected chi connectivity index (χ3v) is 5.24. The summed E-state index contributed by atoms with van der Waals surface area (Å²) in [6.07, 6.45) is 4.96. The SMILES string of the molecule is CCCS(=O)(=O)Nc1cccc(C(=O)N2CCCCCC2)c1. The molecule has 0 aliphatic carbocycles. The molecule has 0 saturated carbocycles. The van der Waals surface area contributed by atoms with Gasteiger partial charge in [-0.2, -0.15) is 0 Å². The Morgan fingerprint density at radius 1 is 1.18 bits per heavy atom. The fourth-order valence-corrected chi connectivity index (χ4v) is 3.80. The van der Waals surface area contributed by atoms with Crippen LogP contribution in [0.1, 0.15) is 49.4 Å². The first-order valence-corrected chi connectivity index (χ1v) is 9.57. The molecule has 0 radical (unpaired) electrons. The number of rotatable bonds is 5. The number of nitrogens with zero attached hydrogens (tertiary/aromatic N) is 1. The summed E-state index contributed by atoms with van der Waals surface area (Å²) >= 11 is 0. The maximum Gasteiger partial charge on any atom is 0.253 e. The van der Waals surface area contributed by atoms with E-state index in [1.54, 1.807) is 24.3 Å². The van der Waals surface area contributed by atoms with Crippen LogP contribution in [0.2, 0.25) is 0 Å². The first-order valence-electron chi connectivity index (χ1n) is 7.91. The number of amides is 1.